The summed E-state index contributed by atoms with van der Waals surface area (Å²) in [5.74, 6) is 0.00417. The number of benzene rings is 1. The lowest BCUT2D eigenvalue weighted by Gasteiger charge is -2.15. The van der Waals surface area contributed by atoms with Gasteiger partial charge in [-0.2, -0.15) is 0 Å². The quantitative estimate of drug-likeness (QED) is 0.796. The molecule has 2 aromatic heterocycles. The van der Waals surface area contributed by atoms with Gasteiger partial charge in [0.1, 0.15) is 0 Å². The Balaban J connectivity index is 1.82. The smallest absolute Gasteiger partial charge is 0.254 e. The summed E-state index contributed by atoms with van der Waals surface area (Å²) >= 11 is 1.54. The molecule has 0 spiro atoms. The molecule has 1 N–H and O–H groups in total. The van der Waals surface area contributed by atoms with E-state index in [9.17, 15) is 4.79 Å². The molecule has 2 heterocycles. The van der Waals surface area contributed by atoms with Crippen LogP contribution in [-0.2, 0) is 6.54 Å². The number of aromatic amines is 1. The summed E-state index contributed by atoms with van der Waals surface area (Å²) in [5.41, 5.74) is 4.36. The van der Waals surface area contributed by atoms with E-state index in [1.807, 2.05) is 35.8 Å². The average molecular weight is 271 g/mol. The summed E-state index contributed by atoms with van der Waals surface area (Å²) in [4.78, 5) is 21.3. The minimum absolute atomic E-state index is 0.00417. The number of hydrogen-bond donors (Lipinski definition) is 1. The van der Waals surface area contributed by atoms with Crippen LogP contribution in [0.25, 0.3) is 10.9 Å². The van der Waals surface area contributed by atoms with E-state index in [2.05, 4.69) is 9.97 Å². The minimum Gasteiger partial charge on any atom is -0.361 e. The van der Waals surface area contributed by atoms with Crippen LogP contribution >= 0.6 is 11.3 Å². The molecule has 96 valence electrons. The summed E-state index contributed by atoms with van der Waals surface area (Å²) in [7, 11) is 1.79. The Morgan fingerprint density at radius 1 is 1.42 bits per heavy atom. The maximum absolute atomic E-state index is 12.3. The standard InChI is InChI=1S/C14H13N3OS/c1-17(7-12-8-19-9-16-12)14(18)11-3-2-10-4-5-15-13(10)6-11/h2-6,8-9,15H,7H2,1H3. The van der Waals surface area contributed by atoms with E-state index in [4.69, 9.17) is 0 Å². The average Bonchev–Trinajstić information content (AvgIpc) is 3.07. The molecule has 0 aliphatic heterocycles. The van der Waals surface area contributed by atoms with E-state index in [0.717, 1.165) is 16.6 Å². The summed E-state index contributed by atoms with van der Waals surface area (Å²) in [5, 5.41) is 3.07. The maximum atomic E-state index is 12.3. The minimum atomic E-state index is 0.00417. The van der Waals surface area contributed by atoms with E-state index < -0.39 is 0 Å². The SMILES string of the molecule is CN(Cc1cscn1)C(=O)c1ccc2cc[nH]c2c1. The number of rotatable bonds is 3. The Kier molecular flexibility index (Phi) is 3.05. The molecule has 0 aliphatic rings. The van der Waals surface area contributed by atoms with Gasteiger partial charge in [-0.25, -0.2) is 4.98 Å². The largest absolute Gasteiger partial charge is 0.361 e. The number of H-pyrrole nitrogens is 1. The van der Waals surface area contributed by atoms with Gasteiger partial charge in [-0.3, -0.25) is 4.79 Å². The summed E-state index contributed by atoms with van der Waals surface area (Å²) in [6, 6.07) is 7.68. The van der Waals surface area contributed by atoms with E-state index in [1.54, 1.807) is 17.5 Å². The van der Waals surface area contributed by atoms with Gasteiger partial charge in [0.25, 0.3) is 5.91 Å². The van der Waals surface area contributed by atoms with E-state index in [0.29, 0.717) is 12.1 Å². The third-order valence-corrected chi connectivity index (χ3v) is 3.67. The number of nitrogens with zero attached hydrogens (tertiary/aromatic N) is 2. The van der Waals surface area contributed by atoms with Crippen molar-refractivity contribution in [2.24, 2.45) is 0 Å². The van der Waals surface area contributed by atoms with Crippen LogP contribution in [0.2, 0.25) is 0 Å². The molecule has 0 fully saturated rings. The predicted molar refractivity (Wildman–Crippen MR) is 76.2 cm³/mol. The fraction of sp³-hybridized carbons (Fsp3) is 0.143. The summed E-state index contributed by atoms with van der Waals surface area (Å²) < 4.78 is 0. The van der Waals surface area contributed by atoms with Crippen molar-refractivity contribution < 1.29 is 4.79 Å². The third kappa shape index (κ3) is 2.37. The topological polar surface area (TPSA) is 49.0 Å². The van der Waals surface area contributed by atoms with Crippen molar-refractivity contribution in [1.29, 1.82) is 0 Å². The zero-order valence-corrected chi connectivity index (χ0v) is 11.3. The van der Waals surface area contributed by atoms with Crippen molar-refractivity contribution in [3.8, 4) is 0 Å². The van der Waals surface area contributed by atoms with Crippen molar-refractivity contribution >= 4 is 28.1 Å². The second-order valence-corrected chi connectivity index (χ2v) is 5.14. The highest BCUT2D eigenvalue weighted by molar-refractivity contribution is 7.07. The molecule has 0 saturated carbocycles. The summed E-state index contributed by atoms with van der Waals surface area (Å²) in [6.45, 7) is 0.533. The molecule has 19 heavy (non-hydrogen) atoms. The van der Waals surface area contributed by atoms with Crippen LogP contribution in [0.1, 0.15) is 16.1 Å². The number of carbonyl (C=O) groups is 1. The molecular formula is C14H13N3OS. The first-order chi connectivity index (χ1) is 9.24. The van der Waals surface area contributed by atoms with Crippen molar-refractivity contribution in [3.63, 3.8) is 0 Å². The van der Waals surface area contributed by atoms with Gasteiger partial charge in [-0.15, -0.1) is 11.3 Å². The lowest BCUT2D eigenvalue weighted by molar-refractivity contribution is 0.0784. The zero-order chi connectivity index (χ0) is 13.2. The first kappa shape index (κ1) is 11.9. The highest BCUT2D eigenvalue weighted by atomic mass is 32.1. The molecule has 4 nitrogen and oxygen atoms in total. The Morgan fingerprint density at radius 3 is 3.11 bits per heavy atom. The van der Waals surface area contributed by atoms with E-state index in [-0.39, 0.29) is 5.91 Å². The number of aromatic nitrogens is 2. The molecule has 0 bridgehead atoms. The summed E-state index contributed by atoms with van der Waals surface area (Å²) in [6.07, 6.45) is 1.87. The van der Waals surface area contributed by atoms with Gasteiger partial charge in [-0.1, -0.05) is 6.07 Å². The van der Waals surface area contributed by atoms with Crippen LogP contribution in [0.5, 0.6) is 0 Å². The molecule has 0 atom stereocenters. The van der Waals surface area contributed by atoms with Crippen molar-refractivity contribution in [2.45, 2.75) is 6.54 Å². The number of thiazole rings is 1. The molecule has 0 aliphatic carbocycles. The molecule has 0 unspecified atom stereocenters. The highest BCUT2D eigenvalue weighted by Gasteiger charge is 2.13. The lowest BCUT2D eigenvalue weighted by Crippen LogP contribution is -2.26. The zero-order valence-electron chi connectivity index (χ0n) is 10.5. The molecule has 3 rings (SSSR count). The highest BCUT2D eigenvalue weighted by Crippen LogP contribution is 2.16. The van der Waals surface area contributed by atoms with Crippen LogP contribution in [0, 0.1) is 0 Å². The molecular weight excluding hydrogens is 258 g/mol. The lowest BCUT2D eigenvalue weighted by atomic mass is 10.1. The van der Waals surface area contributed by atoms with Gasteiger partial charge < -0.3 is 9.88 Å². The molecule has 5 heteroatoms. The molecule has 0 radical (unpaired) electrons. The Morgan fingerprint density at radius 2 is 2.32 bits per heavy atom. The van der Waals surface area contributed by atoms with Gasteiger partial charge in [0.05, 0.1) is 17.7 Å². The fourth-order valence-corrected chi connectivity index (χ4v) is 2.58. The van der Waals surface area contributed by atoms with Crippen molar-refractivity contribution in [3.05, 3.63) is 52.6 Å². The van der Waals surface area contributed by atoms with Crippen molar-refractivity contribution in [1.82, 2.24) is 14.9 Å². The molecule has 1 amide bonds. The normalized spacial score (nSPS) is 10.8. The Bertz CT molecular complexity index is 702. The monoisotopic (exact) mass is 271 g/mol. The van der Waals surface area contributed by atoms with Crippen LogP contribution in [0.15, 0.2) is 41.4 Å². The number of hydrogen-bond acceptors (Lipinski definition) is 3. The third-order valence-electron chi connectivity index (χ3n) is 3.03. The van der Waals surface area contributed by atoms with Gasteiger partial charge in [0.2, 0.25) is 0 Å². The van der Waals surface area contributed by atoms with Crippen molar-refractivity contribution in [2.75, 3.05) is 7.05 Å². The Hall–Kier alpha value is -2.14. The van der Waals surface area contributed by atoms with Crippen LogP contribution < -0.4 is 0 Å². The first-order valence-electron chi connectivity index (χ1n) is 5.94. The maximum Gasteiger partial charge on any atom is 0.254 e. The fourth-order valence-electron chi connectivity index (χ4n) is 2.03. The number of carbonyl (C=O) groups excluding carboxylic acids is 1. The van der Waals surface area contributed by atoms with E-state index >= 15 is 0 Å². The number of nitrogens with one attached hydrogen (secondary N) is 1. The Labute approximate surface area is 114 Å². The van der Waals surface area contributed by atoms with Gasteiger partial charge in [0, 0.05) is 29.7 Å². The second kappa shape index (κ2) is 4.85. The molecule has 1 aromatic carbocycles. The van der Waals surface area contributed by atoms with Gasteiger partial charge in [0.15, 0.2) is 0 Å². The van der Waals surface area contributed by atoms with Crippen LogP contribution in [0.3, 0.4) is 0 Å². The predicted octanol–water partition coefficient (Wildman–Crippen LogP) is 2.90. The molecule has 3 aromatic rings. The number of amides is 1. The van der Waals surface area contributed by atoms with Crippen LogP contribution in [0.4, 0.5) is 0 Å². The second-order valence-electron chi connectivity index (χ2n) is 4.42. The molecule has 0 saturated heterocycles. The first-order valence-corrected chi connectivity index (χ1v) is 6.88. The number of fused-ring (bicyclic) bond motifs is 1. The van der Waals surface area contributed by atoms with E-state index in [1.165, 1.54) is 11.3 Å². The van der Waals surface area contributed by atoms with Gasteiger partial charge in [-0.05, 0) is 23.6 Å². The van der Waals surface area contributed by atoms with Gasteiger partial charge >= 0.3 is 0 Å². The van der Waals surface area contributed by atoms with Crippen LogP contribution in [-0.4, -0.2) is 27.8 Å².